The number of hydrogen-bond donors (Lipinski definition) is 0. The molecule has 1 nitrogen and oxygen atoms in total. The molecule has 2 bridgehead atoms. The fourth-order valence-corrected chi connectivity index (χ4v) is 3.20. The van der Waals surface area contributed by atoms with Crippen molar-refractivity contribution in [1.82, 2.24) is 0 Å². The zero-order valence-electron chi connectivity index (χ0n) is 9.25. The van der Waals surface area contributed by atoms with Crippen LogP contribution in [0.4, 0.5) is 0 Å². The van der Waals surface area contributed by atoms with E-state index in [-0.39, 0.29) is 0 Å². The summed E-state index contributed by atoms with van der Waals surface area (Å²) < 4.78 is 6.05. The van der Waals surface area contributed by atoms with E-state index in [0.29, 0.717) is 5.41 Å². The monoisotopic (exact) mass is 208 g/mol. The first-order valence-electron chi connectivity index (χ1n) is 5.52. The number of fused-ring (bicyclic) bond motifs is 2. The molecule has 2 rings (SSSR count). The van der Waals surface area contributed by atoms with E-state index in [1.54, 1.807) is 0 Å². The van der Waals surface area contributed by atoms with Crippen molar-refractivity contribution in [3.05, 3.63) is 24.4 Å². The third-order valence-electron chi connectivity index (χ3n) is 3.63. The predicted octanol–water partition coefficient (Wildman–Crippen LogP) is 3.29. The third-order valence-corrected chi connectivity index (χ3v) is 5.50. The van der Waals surface area contributed by atoms with Crippen molar-refractivity contribution in [1.29, 1.82) is 0 Å². The van der Waals surface area contributed by atoms with Crippen molar-refractivity contribution in [3.8, 4) is 0 Å². The van der Waals surface area contributed by atoms with Crippen molar-refractivity contribution in [3.63, 3.8) is 0 Å². The Kier molecular flexibility index (Phi) is 2.44. The maximum atomic E-state index is 6.05. The largest absolute Gasteiger partial charge is 0.413 e. The zero-order valence-corrected chi connectivity index (χ0v) is 10.3. The molecule has 2 aliphatic rings. The molecule has 1 fully saturated rings. The molecule has 0 amide bonds. The van der Waals surface area contributed by atoms with Crippen LogP contribution in [0.3, 0.4) is 0 Å². The van der Waals surface area contributed by atoms with E-state index >= 15 is 0 Å². The fourth-order valence-electron chi connectivity index (χ4n) is 2.42. The van der Waals surface area contributed by atoms with Gasteiger partial charge in [0.2, 0.25) is 8.32 Å². The standard InChI is InChI=1S/C12H20OSi/c1-4-14(2,3)13-10-12-7-5-11(9-12)6-8-12/h4-5,7,11H,1,6,8-10H2,2-3H3. The van der Waals surface area contributed by atoms with Crippen LogP contribution in [0.5, 0.6) is 0 Å². The Morgan fingerprint density at radius 1 is 1.64 bits per heavy atom. The van der Waals surface area contributed by atoms with Gasteiger partial charge in [0.1, 0.15) is 0 Å². The summed E-state index contributed by atoms with van der Waals surface area (Å²) in [5.41, 5.74) is 2.42. The first kappa shape index (κ1) is 10.2. The van der Waals surface area contributed by atoms with E-state index in [2.05, 4.69) is 31.8 Å². The second-order valence-electron chi connectivity index (χ2n) is 5.32. The van der Waals surface area contributed by atoms with Gasteiger partial charge in [-0.2, -0.15) is 0 Å². The Labute approximate surface area is 88.0 Å². The van der Waals surface area contributed by atoms with Crippen LogP contribution in [0.1, 0.15) is 19.3 Å². The lowest BCUT2D eigenvalue weighted by Gasteiger charge is -2.28. The smallest absolute Gasteiger partial charge is 0.210 e. The molecule has 2 unspecified atom stereocenters. The van der Waals surface area contributed by atoms with Gasteiger partial charge in [-0.25, -0.2) is 0 Å². The van der Waals surface area contributed by atoms with Crippen LogP contribution < -0.4 is 0 Å². The summed E-state index contributed by atoms with van der Waals surface area (Å²) in [5, 5.41) is 0. The Balaban J connectivity index is 1.92. The van der Waals surface area contributed by atoms with Crippen LogP contribution in [0.2, 0.25) is 13.1 Å². The summed E-state index contributed by atoms with van der Waals surface area (Å²) in [4.78, 5) is 0. The van der Waals surface area contributed by atoms with Crippen LogP contribution in [0.15, 0.2) is 24.4 Å². The normalized spacial score (nSPS) is 35.1. The summed E-state index contributed by atoms with van der Waals surface area (Å²) >= 11 is 0. The van der Waals surface area contributed by atoms with Gasteiger partial charge in [0.05, 0.1) is 0 Å². The second-order valence-corrected chi connectivity index (χ2v) is 9.22. The van der Waals surface area contributed by atoms with Gasteiger partial charge >= 0.3 is 0 Å². The molecule has 0 aliphatic heterocycles. The van der Waals surface area contributed by atoms with Crippen molar-refractivity contribution in [2.45, 2.75) is 32.4 Å². The quantitative estimate of drug-likeness (QED) is 0.509. The molecule has 0 aromatic heterocycles. The second kappa shape index (κ2) is 3.35. The maximum absolute atomic E-state index is 6.05. The van der Waals surface area contributed by atoms with Crippen molar-refractivity contribution in [2.24, 2.45) is 11.3 Å². The molecule has 0 saturated heterocycles. The Hall–Kier alpha value is -0.343. The minimum Gasteiger partial charge on any atom is -0.413 e. The van der Waals surface area contributed by atoms with E-state index in [1.807, 2.05) is 5.70 Å². The molecular formula is C12H20OSi. The highest BCUT2D eigenvalue weighted by molar-refractivity contribution is 6.76. The van der Waals surface area contributed by atoms with E-state index in [4.69, 9.17) is 4.43 Å². The number of rotatable bonds is 4. The average molecular weight is 208 g/mol. The first-order valence-corrected chi connectivity index (χ1v) is 8.51. The van der Waals surface area contributed by atoms with E-state index in [1.165, 1.54) is 19.3 Å². The summed E-state index contributed by atoms with van der Waals surface area (Å²) in [5.74, 6) is 0.854. The van der Waals surface area contributed by atoms with Crippen LogP contribution in [-0.2, 0) is 4.43 Å². The van der Waals surface area contributed by atoms with Crippen LogP contribution in [-0.4, -0.2) is 14.9 Å². The minimum absolute atomic E-state index is 0.401. The van der Waals surface area contributed by atoms with Gasteiger partial charge in [0, 0.05) is 12.0 Å². The van der Waals surface area contributed by atoms with Gasteiger partial charge in [-0.15, -0.1) is 6.58 Å². The lowest BCUT2D eigenvalue weighted by atomic mass is 9.89. The SMILES string of the molecule is C=C[Si](C)(C)OCC12C=CC(CC1)C2. The van der Waals surface area contributed by atoms with Crippen molar-refractivity contribution >= 4 is 8.32 Å². The van der Waals surface area contributed by atoms with Crippen molar-refractivity contribution < 1.29 is 4.43 Å². The Morgan fingerprint density at radius 3 is 2.86 bits per heavy atom. The van der Waals surface area contributed by atoms with Gasteiger partial charge in [-0.1, -0.05) is 17.9 Å². The molecular weight excluding hydrogens is 188 g/mol. The summed E-state index contributed by atoms with van der Waals surface area (Å²) in [6.07, 6.45) is 8.81. The minimum atomic E-state index is -1.56. The number of hydrogen-bond acceptors (Lipinski definition) is 1. The van der Waals surface area contributed by atoms with Gasteiger partial charge < -0.3 is 4.43 Å². The number of allylic oxidation sites excluding steroid dienone is 1. The third kappa shape index (κ3) is 1.86. The molecule has 2 atom stereocenters. The molecule has 0 aromatic carbocycles. The van der Waals surface area contributed by atoms with Gasteiger partial charge in [-0.3, -0.25) is 0 Å². The van der Waals surface area contributed by atoms with E-state index in [0.717, 1.165) is 12.5 Å². The molecule has 2 aliphatic carbocycles. The Bertz CT molecular complexity index is 269. The van der Waals surface area contributed by atoms with Crippen LogP contribution >= 0.6 is 0 Å². The zero-order chi connectivity index (χ0) is 10.2. The molecule has 1 saturated carbocycles. The molecule has 0 N–H and O–H groups in total. The highest BCUT2D eigenvalue weighted by Crippen LogP contribution is 2.49. The van der Waals surface area contributed by atoms with Gasteiger partial charge in [-0.05, 0) is 38.3 Å². The molecule has 2 heteroatoms. The lowest BCUT2D eigenvalue weighted by molar-refractivity contribution is 0.193. The van der Waals surface area contributed by atoms with E-state index < -0.39 is 8.32 Å². The summed E-state index contributed by atoms with van der Waals surface area (Å²) in [6, 6.07) is 0. The van der Waals surface area contributed by atoms with Crippen LogP contribution in [0, 0.1) is 11.3 Å². The molecule has 0 aromatic rings. The van der Waals surface area contributed by atoms with E-state index in [9.17, 15) is 0 Å². The summed E-state index contributed by atoms with van der Waals surface area (Å²) in [7, 11) is -1.56. The molecule has 0 heterocycles. The Morgan fingerprint density at radius 2 is 2.43 bits per heavy atom. The lowest BCUT2D eigenvalue weighted by Crippen LogP contribution is -2.33. The highest BCUT2D eigenvalue weighted by atomic mass is 28.4. The average Bonchev–Trinajstić information content (AvgIpc) is 2.75. The van der Waals surface area contributed by atoms with Gasteiger partial charge in [0.25, 0.3) is 0 Å². The highest BCUT2D eigenvalue weighted by Gasteiger charge is 2.41. The van der Waals surface area contributed by atoms with Crippen LogP contribution in [0.25, 0.3) is 0 Å². The fraction of sp³-hybridized carbons (Fsp3) is 0.667. The predicted molar refractivity (Wildman–Crippen MR) is 62.5 cm³/mol. The maximum Gasteiger partial charge on any atom is 0.210 e. The molecule has 0 spiro atoms. The molecule has 14 heavy (non-hydrogen) atoms. The van der Waals surface area contributed by atoms with Gasteiger partial charge in [0.15, 0.2) is 0 Å². The topological polar surface area (TPSA) is 9.23 Å². The first-order chi connectivity index (χ1) is 6.55. The summed E-state index contributed by atoms with van der Waals surface area (Å²) in [6.45, 7) is 9.20. The molecule has 0 radical (unpaired) electrons. The van der Waals surface area contributed by atoms with Crippen molar-refractivity contribution in [2.75, 3.05) is 6.61 Å². The molecule has 78 valence electrons.